The third-order valence-corrected chi connectivity index (χ3v) is 3.07. The molecule has 2 atom stereocenters. The second kappa shape index (κ2) is 4.70. The molecule has 1 aromatic carbocycles. The summed E-state index contributed by atoms with van der Waals surface area (Å²) in [6, 6.07) is 9.10. The molecular weight excluding hydrogens is 236 g/mol. The van der Waals surface area contributed by atoms with Crippen molar-refractivity contribution in [3.8, 4) is 6.07 Å². The second-order valence-electron chi connectivity index (χ2n) is 3.90. The van der Waals surface area contributed by atoms with Crippen LogP contribution in [0.4, 0.5) is 0 Å². The quantitative estimate of drug-likeness (QED) is 0.886. The SMILES string of the molecule is CC(C#N)C(O)c1ccc(Cl)c2cccnc12. The van der Waals surface area contributed by atoms with Gasteiger partial charge >= 0.3 is 0 Å². The van der Waals surface area contributed by atoms with Crippen LogP contribution in [0.1, 0.15) is 18.6 Å². The van der Waals surface area contributed by atoms with Crippen molar-refractivity contribution < 1.29 is 5.11 Å². The lowest BCUT2D eigenvalue weighted by atomic mass is 9.96. The van der Waals surface area contributed by atoms with Gasteiger partial charge in [0.15, 0.2) is 0 Å². The van der Waals surface area contributed by atoms with Gasteiger partial charge in [0.2, 0.25) is 0 Å². The molecule has 0 aliphatic rings. The maximum atomic E-state index is 10.1. The van der Waals surface area contributed by atoms with E-state index in [2.05, 4.69) is 4.98 Å². The van der Waals surface area contributed by atoms with Gasteiger partial charge in [-0.3, -0.25) is 4.98 Å². The number of hydrogen-bond acceptors (Lipinski definition) is 3. The van der Waals surface area contributed by atoms with Crippen LogP contribution in [0.2, 0.25) is 5.02 Å². The minimum atomic E-state index is -0.852. The van der Waals surface area contributed by atoms with Crippen molar-refractivity contribution in [1.29, 1.82) is 5.26 Å². The number of hydrogen-bond donors (Lipinski definition) is 1. The molecule has 2 unspecified atom stereocenters. The maximum absolute atomic E-state index is 10.1. The van der Waals surface area contributed by atoms with Gasteiger partial charge < -0.3 is 5.11 Å². The Morgan fingerprint density at radius 2 is 2.18 bits per heavy atom. The zero-order valence-electron chi connectivity index (χ0n) is 9.26. The van der Waals surface area contributed by atoms with Gasteiger partial charge in [-0.15, -0.1) is 0 Å². The van der Waals surface area contributed by atoms with E-state index in [1.807, 2.05) is 12.1 Å². The Balaban J connectivity index is 2.64. The first-order valence-corrected chi connectivity index (χ1v) is 5.63. The maximum Gasteiger partial charge on any atom is 0.0966 e. The molecule has 0 fully saturated rings. The molecule has 0 saturated heterocycles. The third-order valence-electron chi connectivity index (χ3n) is 2.74. The van der Waals surface area contributed by atoms with E-state index in [-0.39, 0.29) is 0 Å². The Hall–Kier alpha value is -1.63. The molecule has 2 aromatic rings. The number of aliphatic hydroxyl groups excluding tert-OH is 1. The molecule has 1 N–H and O–H groups in total. The Labute approximate surface area is 104 Å². The van der Waals surface area contributed by atoms with Crippen molar-refractivity contribution in [3.05, 3.63) is 41.0 Å². The molecule has 0 bridgehead atoms. The standard InChI is InChI=1S/C13H11ClN2O/c1-8(7-15)13(17)10-4-5-11(14)9-3-2-6-16-12(9)10/h2-6,8,13,17H,1H3. The Kier molecular flexibility index (Phi) is 3.28. The number of fused-ring (bicyclic) bond motifs is 1. The fourth-order valence-corrected chi connectivity index (χ4v) is 1.95. The van der Waals surface area contributed by atoms with Crippen LogP contribution in [0.5, 0.6) is 0 Å². The number of halogens is 1. The first kappa shape index (κ1) is 11.8. The summed E-state index contributed by atoms with van der Waals surface area (Å²) in [4.78, 5) is 4.23. The van der Waals surface area contributed by atoms with Crippen molar-refractivity contribution >= 4 is 22.5 Å². The average Bonchev–Trinajstić information content (AvgIpc) is 2.38. The van der Waals surface area contributed by atoms with Crippen molar-refractivity contribution in [2.75, 3.05) is 0 Å². The molecule has 0 radical (unpaired) electrons. The molecule has 0 aliphatic heterocycles. The molecule has 17 heavy (non-hydrogen) atoms. The van der Waals surface area contributed by atoms with Gasteiger partial charge in [0.1, 0.15) is 0 Å². The van der Waals surface area contributed by atoms with Crippen molar-refractivity contribution in [3.63, 3.8) is 0 Å². The van der Waals surface area contributed by atoms with Gasteiger partial charge in [0.25, 0.3) is 0 Å². The summed E-state index contributed by atoms with van der Waals surface area (Å²) in [6.07, 6.45) is 0.793. The number of pyridine rings is 1. The molecule has 1 heterocycles. The van der Waals surface area contributed by atoms with Crippen LogP contribution in [0, 0.1) is 17.2 Å². The lowest BCUT2D eigenvalue weighted by Gasteiger charge is -2.15. The fourth-order valence-electron chi connectivity index (χ4n) is 1.74. The Morgan fingerprint density at radius 3 is 2.88 bits per heavy atom. The summed E-state index contributed by atoms with van der Waals surface area (Å²) in [7, 11) is 0. The fraction of sp³-hybridized carbons (Fsp3) is 0.231. The molecule has 0 saturated carbocycles. The summed E-state index contributed by atoms with van der Waals surface area (Å²) in [5.74, 6) is -0.485. The van der Waals surface area contributed by atoms with Gasteiger partial charge in [-0.1, -0.05) is 17.7 Å². The second-order valence-corrected chi connectivity index (χ2v) is 4.31. The lowest BCUT2D eigenvalue weighted by Crippen LogP contribution is -2.08. The molecule has 1 aromatic heterocycles. The van der Waals surface area contributed by atoms with E-state index < -0.39 is 12.0 Å². The van der Waals surface area contributed by atoms with Gasteiger partial charge in [-0.2, -0.15) is 5.26 Å². The van der Waals surface area contributed by atoms with E-state index in [1.54, 1.807) is 31.3 Å². The third kappa shape index (κ3) is 2.10. The first-order chi connectivity index (χ1) is 8.15. The summed E-state index contributed by atoms with van der Waals surface area (Å²) in [5, 5.41) is 20.3. The van der Waals surface area contributed by atoms with Crippen molar-refractivity contribution in [1.82, 2.24) is 4.98 Å². The van der Waals surface area contributed by atoms with E-state index in [0.717, 1.165) is 5.39 Å². The number of benzene rings is 1. The molecule has 86 valence electrons. The van der Waals surface area contributed by atoms with Gasteiger partial charge in [0.05, 0.1) is 23.6 Å². The van der Waals surface area contributed by atoms with Crippen LogP contribution in [-0.4, -0.2) is 10.1 Å². The minimum Gasteiger partial charge on any atom is -0.387 e. The van der Waals surface area contributed by atoms with Gasteiger partial charge in [0, 0.05) is 22.2 Å². The Morgan fingerprint density at radius 1 is 1.41 bits per heavy atom. The molecular formula is C13H11ClN2O. The molecule has 2 rings (SSSR count). The normalized spacial score (nSPS) is 14.2. The molecule has 3 nitrogen and oxygen atoms in total. The van der Waals surface area contributed by atoms with E-state index in [1.165, 1.54) is 0 Å². The Bertz CT molecular complexity index is 591. The summed E-state index contributed by atoms with van der Waals surface area (Å²) >= 11 is 6.06. The van der Waals surface area contributed by atoms with E-state index in [0.29, 0.717) is 16.1 Å². The largest absolute Gasteiger partial charge is 0.387 e. The van der Waals surface area contributed by atoms with Crippen molar-refractivity contribution in [2.24, 2.45) is 5.92 Å². The highest BCUT2D eigenvalue weighted by molar-refractivity contribution is 6.35. The summed E-state index contributed by atoms with van der Waals surface area (Å²) in [6.45, 7) is 1.67. The number of nitriles is 1. The summed E-state index contributed by atoms with van der Waals surface area (Å²) < 4.78 is 0. The lowest BCUT2D eigenvalue weighted by molar-refractivity contribution is 0.144. The zero-order chi connectivity index (χ0) is 12.4. The van der Waals surface area contributed by atoms with E-state index in [9.17, 15) is 5.11 Å². The van der Waals surface area contributed by atoms with Crippen LogP contribution in [-0.2, 0) is 0 Å². The predicted molar refractivity (Wildman–Crippen MR) is 66.5 cm³/mol. The van der Waals surface area contributed by atoms with E-state index in [4.69, 9.17) is 16.9 Å². The van der Waals surface area contributed by atoms with E-state index >= 15 is 0 Å². The topological polar surface area (TPSA) is 56.9 Å². The predicted octanol–water partition coefficient (Wildman–Crippen LogP) is 3.08. The molecule has 4 heteroatoms. The van der Waals surface area contributed by atoms with Crippen LogP contribution < -0.4 is 0 Å². The van der Waals surface area contributed by atoms with Gasteiger partial charge in [-0.05, 0) is 25.1 Å². The smallest absolute Gasteiger partial charge is 0.0966 e. The molecule has 0 amide bonds. The molecule has 0 aliphatic carbocycles. The first-order valence-electron chi connectivity index (χ1n) is 5.26. The van der Waals surface area contributed by atoms with Gasteiger partial charge in [-0.25, -0.2) is 0 Å². The van der Waals surface area contributed by atoms with Crippen LogP contribution in [0.3, 0.4) is 0 Å². The zero-order valence-corrected chi connectivity index (χ0v) is 10.0. The number of aromatic nitrogens is 1. The van der Waals surface area contributed by atoms with Crippen LogP contribution in [0.25, 0.3) is 10.9 Å². The number of rotatable bonds is 2. The monoisotopic (exact) mass is 246 g/mol. The average molecular weight is 247 g/mol. The number of aliphatic hydroxyl groups is 1. The highest BCUT2D eigenvalue weighted by atomic mass is 35.5. The summed E-state index contributed by atoms with van der Waals surface area (Å²) in [5.41, 5.74) is 1.29. The highest BCUT2D eigenvalue weighted by Crippen LogP contribution is 2.31. The van der Waals surface area contributed by atoms with Crippen molar-refractivity contribution in [2.45, 2.75) is 13.0 Å². The van der Waals surface area contributed by atoms with Crippen LogP contribution in [0.15, 0.2) is 30.5 Å². The molecule has 0 spiro atoms. The number of nitrogens with zero attached hydrogens (tertiary/aromatic N) is 2. The minimum absolute atomic E-state index is 0.485. The van der Waals surface area contributed by atoms with Crippen LogP contribution >= 0.6 is 11.6 Å². The highest BCUT2D eigenvalue weighted by Gasteiger charge is 2.19.